The highest BCUT2D eigenvalue weighted by Crippen LogP contribution is 2.30. The maximum atomic E-state index is 12.8. The molecule has 0 bridgehead atoms. The predicted octanol–water partition coefficient (Wildman–Crippen LogP) is 2.59. The van der Waals surface area contributed by atoms with Gasteiger partial charge in [-0.05, 0) is 43.5 Å². The molecule has 1 aromatic carbocycles. The summed E-state index contributed by atoms with van der Waals surface area (Å²) in [5, 5.41) is 5.43. The van der Waals surface area contributed by atoms with Gasteiger partial charge >= 0.3 is 0 Å². The molecule has 28 heavy (non-hydrogen) atoms. The maximum Gasteiger partial charge on any atom is 0.258 e. The highest BCUT2D eigenvalue weighted by Gasteiger charge is 2.35. The Morgan fingerprint density at radius 1 is 1.14 bits per heavy atom. The predicted molar refractivity (Wildman–Crippen MR) is 110 cm³/mol. The van der Waals surface area contributed by atoms with Gasteiger partial charge in [0.1, 0.15) is 5.82 Å². The molecule has 0 unspecified atom stereocenters. The number of fused-ring (bicyclic) bond motifs is 1. The van der Waals surface area contributed by atoms with Crippen LogP contribution in [0, 0.1) is 0 Å². The third-order valence-electron chi connectivity index (χ3n) is 5.02. The molecule has 2 amide bonds. The van der Waals surface area contributed by atoms with E-state index in [0.29, 0.717) is 11.6 Å². The first-order valence-electron chi connectivity index (χ1n) is 9.27. The molecule has 4 rings (SSSR count). The minimum atomic E-state index is -0.890. The molecule has 2 aliphatic heterocycles. The van der Waals surface area contributed by atoms with E-state index < -0.39 is 11.8 Å². The fraction of sp³-hybridized carbons (Fsp3) is 0.368. The molecule has 2 aromatic rings. The summed E-state index contributed by atoms with van der Waals surface area (Å²) < 4.78 is 0.888. The second-order valence-corrected chi connectivity index (χ2v) is 7.92. The molecule has 1 atom stereocenters. The van der Waals surface area contributed by atoms with Gasteiger partial charge in [0.15, 0.2) is 0 Å². The molecular weight excluding hydrogens is 426 g/mol. The summed E-state index contributed by atoms with van der Waals surface area (Å²) >= 11 is 3.34. The van der Waals surface area contributed by atoms with Gasteiger partial charge in [-0.15, -0.1) is 0 Å². The quantitative estimate of drug-likeness (QED) is 0.672. The average molecular weight is 446 g/mol. The van der Waals surface area contributed by atoms with Crippen molar-refractivity contribution in [1.82, 2.24) is 9.97 Å². The molecule has 0 aliphatic carbocycles. The first kappa shape index (κ1) is 18.7. The molecule has 0 saturated carbocycles. The van der Waals surface area contributed by atoms with Gasteiger partial charge in [0.25, 0.3) is 5.56 Å². The standard InChI is InChI=1S/C19H20BrN5O3/c20-11-4-6-12(7-5-11)21-17(27)13-10-14(26)22-16-15(13)18(28)24-19(23-16)25-8-2-1-3-9-25/h4-7,13H,1-3,8-10H2,(H,21,27)(H2,22,23,24,26,28)/t13-/m0/s1. The van der Waals surface area contributed by atoms with Crippen molar-refractivity contribution < 1.29 is 9.59 Å². The Bertz CT molecular complexity index is 967. The first-order chi connectivity index (χ1) is 13.5. The number of aromatic nitrogens is 2. The molecule has 0 radical (unpaired) electrons. The number of rotatable bonds is 3. The zero-order valence-electron chi connectivity index (χ0n) is 15.1. The number of amides is 2. The van der Waals surface area contributed by atoms with Gasteiger partial charge in [0.05, 0.1) is 11.5 Å². The van der Waals surface area contributed by atoms with Crippen molar-refractivity contribution in [2.75, 3.05) is 28.6 Å². The lowest BCUT2D eigenvalue weighted by Crippen LogP contribution is -2.38. The third-order valence-corrected chi connectivity index (χ3v) is 5.55. The number of carbonyl (C=O) groups is 2. The van der Waals surface area contributed by atoms with Crippen LogP contribution in [0.4, 0.5) is 17.5 Å². The number of H-pyrrole nitrogens is 1. The molecule has 8 nitrogen and oxygen atoms in total. The molecular formula is C19H20BrN5O3. The second-order valence-electron chi connectivity index (χ2n) is 7.00. The van der Waals surface area contributed by atoms with Crippen molar-refractivity contribution in [3.8, 4) is 0 Å². The number of hydrogen-bond donors (Lipinski definition) is 3. The summed E-state index contributed by atoms with van der Waals surface area (Å²) in [6.07, 6.45) is 3.13. The molecule has 9 heteroatoms. The maximum absolute atomic E-state index is 12.8. The Morgan fingerprint density at radius 2 is 1.86 bits per heavy atom. The van der Waals surface area contributed by atoms with Crippen LogP contribution in [0.1, 0.15) is 37.2 Å². The first-order valence-corrected chi connectivity index (χ1v) is 10.1. The summed E-state index contributed by atoms with van der Waals surface area (Å²) in [5.74, 6) is -1.00. The van der Waals surface area contributed by atoms with Crippen LogP contribution in [0.2, 0.25) is 0 Å². The summed E-state index contributed by atoms with van der Waals surface area (Å²) in [4.78, 5) is 47.0. The Hall–Kier alpha value is -2.68. The van der Waals surface area contributed by atoms with Gasteiger partial charge in [0.2, 0.25) is 17.8 Å². The lowest BCUT2D eigenvalue weighted by molar-refractivity contribution is -0.123. The molecule has 3 heterocycles. The summed E-state index contributed by atoms with van der Waals surface area (Å²) in [5.41, 5.74) is 0.409. The number of nitrogens with zero attached hydrogens (tertiary/aromatic N) is 2. The zero-order chi connectivity index (χ0) is 19.7. The Labute approximate surface area is 169 Å². The number of benzene rings is 1. The Morgan fingerprint density at radius 3 is 2.57 bits per heavy atom. The lowest BCUT2D eigenvalue weighted by Gasteiger charge is -2.29. The van der Waals surface area contributed by atoms with E-state index in [2.05, 4.69) is 36.5 Å². The van der Waals surface area contributed by atoms with Crippen LogP contribution in [0.25, 0.3) is 0 Å². The topological polar surface area (TPSA) is 107 Å². The van der Waals surface area contributed by atoms with E-state index in [9.17, 15) is 14.4 Å². The summed E-state index contributed by atoms with van der Waals surface area (Å²) in [6, 6.07) is 7.09. The number of piperidine rings is 1. The molecule has 2 aliphatic rings. The van der Waals surface area contributed by atoms with E-state index in [-0.39, 0.29) is 29.3 Å². The fourth-order valence-electron chi connectivity index (χ4n) is 3.60. The van der Waals surface area contributed by atoms with Gasteiger partial charge in [-0.2, -0.15) is 4.98 Å². The molecule has 1 aromatic heterocycles. The van der Waals surface area contributed by atoms with E-state index in [0.717, 1.165) is 36.8 Å². The highest BCUT2D eigenvalue weighted by molar-refractivity contribution is 9.10. The van der Waals surface area contributed by atoms with Crippen LogP contribution in [0.15, 0.2) is 33.5 Å². The van der Waals surface area contributed by atoms with E-state index in [4.69, 9.17) is 0 Å². The third kappa shape index (κ3) is 3.80. The van der Waals surface area contributed by atoms with E-state index in [1.54, 1.807) is 24.3 Å². The monoisotopic (exact) mass is 445 g/mol. The number of anilines is 3. The van der Waals surface area contributed by atoms with Crippen molar-refractivity contribution in [3.05, 3.63) is 44.7 Å². The molecule has 1 saturated heterocycles. The number of halogens is 1. The van der Waals surface area contributed by atoms with Crippen molar-refractivity contribution in [2.45, 2.75) is 31.6 Å². The molecule has 146 valence electrons. The van der Waals surface area contributed by atoms with Crippen LogP contribution < -0.4 is 21.1 Å². The van der Waals surface area contributed by atoms with Crippen molar-refractivity contribution in [3.63, 3.8) is 0 Å². The van der Waals surface area contributed by atoms with Crippen LogP contribution in [0.3, 0.4) is 0 Å². The Balaban J connectivity index is 1.64. The number of aromatic amines is 1. The molecule has 1 fully saturated rings. The van der Waals surface area contributed by atoms with Crippen molar-refractivity contribution in [2.24, 2.45) is 0 Å². The van der Waals surface area contributed by atoms with E-state index in [1.807, 2.05) is 4.90 Å². The van der Waals surface area contributed by atoms with Crippen LogP contribution >= 0.6 is 15.9 Å². The number of nitrogens with one attached hydrogen (secondary N) is 3. The molecule has 0 spiro atoms. The van der Waals surface area contributed by atoms with Gasteiger partial charge in [0, 0.05) is 29.7 Å². The SMILES string of the molecule is O=C1C[C@H](C(=O)Nc2ccc(Br)cc2)c2c(nc(N3CCCCC3)[nH]c2=O)N1. The average Bonchev–Trinajstić information content (AvgIpc) is 2.69. The number of carbonyl (C=O) groups excluding carboxylic acids is 2. The van der Waals surface area contributed by atoms with Crippen molar-refractivity contribution in [1.29, 1.82) is 0 Å². The van der Waals surface area contributed by atoms with Gasteiger partial charge in [-0.25, -0.2) is 0 Å². The minimum absolute atomic E-state index is 0.0941. The highest BCUT2D eigenvalue weighted by atomic mass is 79.9. The van der Waals surface area contributed by atoms with Crippen LogP contribution in [0.5, 0.6) is 0 Å². The summed E-state index contributed by atoms with van der Waals surface area (Å²) in [6.45, 7) is 1.62. The Kier molecular flexibility index (Phi) is 5.17. The normalized spacial score (nSPS) is 19.0. The number of hydrogen-bond acceptors (Lipinski definition) is 5. The lowest BCUT2D eigenvalue weighted by atomic mass is 9.92. The largest absolute Gasteiger partial charge is 0.342 e. The fourth-order valence-corrected chi connectivity index (χ4v) is 3.87. The van der Waals surface area contributed by atoms with Crippen molar-refractivity contribution >= 4 is 45.2 Å². The zero-order valence-corrected chi connectivity index (χ0v) is 16.7. The smallest absolute Gasteiger partial charge is 0.258 e. The second kappa shape index (κ2) is 7.75. The van der Waals surface area contributed by atoms with Gasteiger partial charge in [-0.3, -0.25) is 19.4 Å². The van der Waals surface area contributed by atoms with Crippen LogP contribution in [-0.4, -0.2) is 34.9 Å². The van der Waals surface area contributed by atoms with Gasteiger partial charge in [-0.1, -0.05) is 15.9 Å². The minimum Gasteiger partial charge on any atom is -0.342 e. The van der Waals surface area contributed by atoms with E-state index in [1.165, 1.54) is 0 Å². The molecule has 3 N–H and O–H groups in total. The summed E-state index contributed by atoms with van der Waals surface area (Å²) in [7, 11) is 0. The van der Waals surface area contributed by atoms with Gasteiger partial charge < -0.3 is 15.5 Å². The van der Waals surface area contributed by atoms with Crippen LogP contribution in [-0.2, 0) is 9.59 Å². The van der Waals surface area contributed by atoms with E-state index >= 15 is 0 Å².